The van der Waals surface area contributed by atoms with Crippen LogP contribution in [0.4, 0.5) is 5.69 Å². The van der Waals surface area contributed by atoms with Crippen LogP contribution in [0.5, 0.6) is 5.75 Å². The van der Waals surface area contributed by atoms with Gasteiger partial charge in [-0.2, -0.15) is 0 Å². The summed E-state index contributed by atoms with van der Waals surface area (Å²) in [5.41, 5.74) is 3.02. The number of aliphatic hydroxyl groups is 1. The third kappa shape index (κ3) is 3.01. The lowest BCUT2D eigenvalue weighted by atomic mass is 9.85. The number of fused-ring (bicyclic) bond motifs is 2. The van der Waals surface area contributed by atoms with E-state index in [9.17, 15) is 9.90 Å². The Labute approximate surface area is 180 Å². The molecule has 5 heteroatoms. The molecule has 4 aromatic rings. The maximum Gasteiger partial charge on any atom is 0.268 e. The molecule has 0 saturated heterocycles. The topological polar surface area (TPSA) is 65.6 Å². The molecule has 0 bridgehead atoms. The quantitative estimate of drug-likeness (QED) is 0.509. The van der Waals surface area contributed by atoms with Gasteiger partial charge in [0.1, 0.15) is 12.4 Å². The zero-order chi connectivity index (χ0) is 21.6. The molecule has 1 aliphatic heterocycles. The van der Waals surface area contributed by atoms with E-state index in [1.807, 2.05) is 86.6 Å². The third-order valence-electron chi connectivity index (χ3n) is 6.00. The number of para-hydroxylation sites is 2. The largest absolute Gasteiger partial charge is 0.492 e. The summed E-state index contributed by atoms with van der Waals surface area (Å²) in [4.78, 5) is 18.6. The molecule has 1 amide bonds. The average Bonchev–Trinajstić information content (AvgIpc) is 3.22. The first kappa shape index (κ1) is 19.4. The lowest BCUT2D eigenvalue weighted by molar-refractivity contribution is -0.132. The van der Waals surface area contributed by atoms with Gasteiger partial charge < -0.3 is 19.7 Å². The Hall–Kier alpha value is -3.57. The van der Waals surface area contributed by atoms with Gasteiger partial charge in [0.15, 0.2) is 5.60 Å². The van der Waals surface area contributed by atoms with Gasteiger partial charge in [-0.15, -0.1) is 0 Å². The Balaban J connectivity index is 1.51. The van der Waals surface area contributed by atoms with Gasteiger partial charge in [-0.1, -0.05) is 54.1 Å². The molecule has 0 saturated carbocycles. The van der Waals surface area contributed by atoms with Crippen LogP contribution in [0, 0.1) is 13.8 Å². The number of nitrogens with zero attached hydrogens (tertiary/aromatic N) is 1. The molecule has 1 aliphatic rings. The third-order valence-corrected chi connectivity index (χ3v) is 6.00. The number of nitrogens with one attached hydrogen (secondary N) is 1. The summed E-state index contributed by atoms with van der Waals surface area (Å²) in [6.07, 6.45) is 0. The normalized spacial score (nSPS) is 17.9. The summed E-state index contributed by atoms with van der Waals surface area (Å²) >= 11 is 0. The fraction of sp³-hybridized carbons (Fsp3) is 0.192. The highest BCUT2D eigenvalue weighted by Crippen LogP contribution is 2.47. The standard InChI is InChI=1S/C26H24N2O3/c1-17-11-13-19(14-12-17)31-16-15-28-23-10-6-4-8-21(23)26(30,25(28)29)24-18(2)27-22-9-5-3-7-20(22)24/h3-14,27,30H,15-16H2,1-2H3. The summed E-state index contributed by atoms with van der Waals surface area (Å²) in [5, 5.41) is 12.8. The Morgan fingerprint density at radius 3 is 2.48 bits per heavy atom. The van der Waals surface area contributed by atoms with Crippen LogP contribution in [0.2, 0.25) is 0 Å². The van der Waals surface area contributed by atoms with Crippen molar-refractivity contribution in [1.82, 2.24) is 4.98 Å². The first-order valence-corrected chi connectivity index (χ1v) is 10.4. The molecule has 0 radical (unpaired) electrons. The SMILES string of the molecule is Cc1ccc(OCCN2C(=O)C(O)(c3c(C)[nH]c4ccccc34)c3ccccc32)cc1. The molecule has 1 atom stereocenters. The molecule has 5 rings (SSSR count). The molecule has 0 aliphatic carbocycles. The van der Waals surface area contributed by atoms with Gasteiger partial charge in [0, 0.05) is 27.7 Å². The number of hydrogen-bond donors (Lipinski definition) is 2. The summed E-state index contributed by atoms with van der Waals surface area (Å²) in [7, 11) is 0. The van der Waals surface area contributed by atoms with Crippen molar-refractivity contribution in [3.8, 4) is 5.75 Å². The lowest BCUT2D eigenvalue weighted by Crippen LogP contribution is -2.43. The molecule has 31 heavy (non-hydrogen) atoms. The van der Waals surface area contributed by atoms with Crippen molar-refractivity contribution in [2.45, 2.75) is 19.4 Å². The van der Waals surface area contributed by atoms with Crippen LogP contribution < -0.4 is 9.64 Å². The van der Waals surface area contributed by atoms with Crippen LogP contribution in [0.1, 0.15) is 22.4 Å². The van der Waals surface area contributed by atoms with E-state index in [0.29, 0.717) is 30.0 Å². The second kappa shape index (κ2) is 7.29. The van der Waals surface area contributed by atoms with Crippen molar-refractivity contribution in [2.75, 3.05) is 18.1 Å². The number of anilines is 1. The molecular weight excluding hydrogens is 388 g/mol. The molecule has 5 nitrogen and oxygen atoms in total. The molecule has 0 spiro atoms. The van der Waals surface area contributed by atoms with E-state index in [-0.39, 0.29) is 5.91 Å². The average molecular weight is 412 g/mol. The maximum absolute atomic E-state index is 13.7. The Kier molecular flexibility index (Phi) is 4.56. The van der Waals surface area contributed by atoms with Crippen molar-refractivity contribution in [3.05, 3.63) is 95.2 Å². The molecule has 156 valence electrons. The first-order valence-electron chi connectivity index (χ1n) is 10.4. The van der Waals surface area contributed by atoms with E-state index in [1.54, 1.807) is 4.90 Å². The van der Waals surface area contributed by atoms with Crippen LogP contribution >= 0.6 is 0 Å². The van der Waals surface area contributed by atoms with E-state index in [0.717, 1.165) is 27.9 Å². The van der Waals surface area contributed by atoms with Gasteiger partial charge in [-0.05, 0) is 38.1 Å². The Bertz CT molecular complexity index is 1280. The zero-order valence-electron chi connectivity index (χ0n) is 17.6. The van der Waals surface area contributed by atoms with Crippen molar-refractivity contribution in [3.63, 3.8) is 0 Å². The smallest absolute Gasteiger partial charge is 0.268 e. The lowest BCUT2D eigenvalue weighted by Gasteiger charge is -2.24. The number of carbonyl (C=O) groups is 1. The first-order chi connectivity index (χ1) is 15.0. The van der Waals surface area contributed by atoms with Gasteiger partial charge in [-0.3, -0.25) is 4.79 Å². The van der Waals surface area contributed by atoms with Gasteiger partial charge in [0.05, 0.1) is 12.2 Å². The van der Waals surface area contributed by atoms with Crippen LogP contribution in [-0.4, -0.2) is 29.1 Å². The minimum Gasteiger partial charge on any atom is -0.492 e. The number of rotatable bonds is 5. The summed E-state index contributed by atoms with van der Waals surface area (Å²) in [5.74, 6) is 0.405. The maximum atomic E-state index is 13.7. The number of H-pyrrole nitrogens is 1. The van der Waals surface area contributed by atoms with Crippen molar-refractivity contribution in [2.24, 2.45) is 0 Å². The minimum absolute atomic E-state index is 0.325. The highest BCUT2D eigenvalue weighted by atomic mass is 16.5. The predicted molar refractivity (Wildman–Crippen MR) is 122 cm³/mol. The fourth-order valence-electron chi connectivity index (χ4n) is 4.53. The van der Waals surface area contributed by atoms with E-state index in [4.69, 9.17) is 4.74 Å². The predicted octanol–water partition coefficient (Wildman–Crippen LogP) is 4.45. The minimum atomic E-state index is -1.75. The van der Waals surface area contributed by atoms with E-state index in [2.05, 4.69) is 4.98 Å². The second-order valence-electron chi connectivity index (χ2n) is 8.02. The van der Waals surface area contributed by atoms with Crippen LogP contribution in [0.25, 0.3) is 10.9 Å². The molecule has 2 heterocycles. The number of aryl methyl sites for hydroxylation is 2. The number of benzene rings is 3. The van der Waals surface area contributed by atoms with E-state index >= 15 is 0 Å². The number of carbonyl (C=O) groups excluding carboxylic acids is 1. The molecule has 1 aromatic heterocycles. The number of aromatic amines is 1. The monoisotopic (exact) mass is 412 g/mol. The fourth-order valence-corrected chi connectivity index (χ4v) is 4.53. The van der Waals surface area contributed by atoms with E-state index < -0.39 is 5.60 Å². The number of hydrogen-bond acceptors (Lipinski definition) is 3. The number of amides is 1. The highest BCUT2D eigenvalue weighted by Gasteiger charge is 2.52. The molecule has 3 aromatic carbocycles. The van der Waals surface area contributed by atoms with Crippen molar-refractivity contribution in [1.29, 1.82) is 0 Å². The van der Waals surface area contributed by atoms with Crippen LogP contribution in [0.15, 0.2) is 72.8 Å². The van der Waals surface area contributed by atoms with Crippen molar-refractivity contribution < 1.29 is 14.6 Å². The molecular formula is C26H24N2O3. The van der Waals surface area contributed by atoms with Gasteiger partial charge in [-0.25, -0.2) is 0 Å². The van der Waals surface area contributed by atoms with Gasteiger partial charge in [0.2, 0.25) is 0 Å². The van der Waals surface area contributed by atoms with E-state index in [1.165, 1.54) is 0 Å². The van der Waals surface area contributed by atoms with Gasteiger partial charge in [0.25, 0.3) is 5.91 Å². The van der Waals surface area contributed by atoms with Crippen LogP contribution in [-0.2, 0) is 10.4 Å². The molecule has 0 fully saturated rings. The van der Waals surface area contributed by atoms with Crippen LogP contribution in [0.3, 0.4) is 0 Å². The summed E-state index contributed by atoms with van der Waals surface area (Å²) in [6.45, 7) is 4.59. The molecule has 2 N–H and O–H groups in total. The summed E-state index contributed by atoms with van der Waals surface area (Å²) in [6, 6.07) is 23.0. The molecule has 1 unspecified atom stereocenters. The Morgan fingerprint density at radius 2 is 1.68 bits per heavy atom. The Morgan fingerprint density at radius 1 is 0.968 bits per heavy atom. The number of ether oxygens (including phenoxy) is 1. The second-order valence-corrected chi connectivity index (χ2v) is 8.02. The van der Waals surface area contributed by atoms with Crippen molar-refractivity contribution >= 4 is 22.5 Å². The zero-order valence-corrected chi connectivity index (χ0v) is 17.6. The van der Waals surface area contributed by atoms with Gasteiger partial charge >= 0.3 is 0 Å². The summed E-state index contributed by atoms with van der Waals surface area (Å²) < 4.78 is 5.86. The highest BCUT2D eigenvalue weighted by molar-refractivity contribution is 6.11. The number of aromatic nitrogens is 1.